The molecule has 1 aromatic carbocycles. The third kappa shape index (κ3) is 3.34. The summed E-state index contributed by atoms with van der Waals surface area (Å²) in [6.07, 6.45) is 0.140. The molecule has 0 fully saturated rings. The predicted octanol–water partition coefficient (Wildman–Crippen LogP) is 1.54. The van der Waals surface area contributed by atoms with Crippen molar-refractivity contribution >= 4 is 11.8 Å². The lowest BCUT2D eigenvalue weighted by Crippen LogP contribution is -2.08. The zero-order valence-corrected chi connectivity index (χ0v) is 9.75. The van der Waals surface area contributed by atoms with Gasteiger partial charge in [-0.05, 0) is 23.8 Å². The molecule has 0 saturated carbocycles. The number of nitriles is 2. The maximum Gasteiger partial charge on any atom is 0.175 e. The molecule has 0 amide bonds. The minimum absolute atomic E-state index is 0.0464. The van der Waals surface area contributed by atoms with E-state index in [0.29, 0.717) is 0 Å². The van der Waals surface area contributed by atoms with Crippen LogP contribution in [0.2, 0.25) is 0 Å². The molecule has 1 rings (SSSR count). The Labute approximate surface area is 101 Å². The fourth-order valence-corrected chi connectivity index (χ4v) is 1.29. The number of aliphatic hydroxyl groups excluding tert-OH is 1. The third-order valence-electron chi connectivity index (χ3n) is 2.28. The number of benzene rings is 1. The van der Waals surface area contributed by atoms with E-state index < -0.39 is 6.10 Å². The van der Waals surface area contributed by atoms with Crippen LogP contribution in [0.4, 0.5) is 5.69 Å². The number of rotatable bonds is 3. The van der Waals surface area contributed by atoms with Crippen molar-refractivity contribution in [3.63, 3.8) is 0 Å². The van der Waals surface area contributed by atoms with E-state index in [1.54, 1.807) is 6.07 Å². The highest BCUT2D eigenvalue weighted by atomic mass is 16.3. The minimum atomic E-state index is -1.37. The van der Waals surface area contributed by atoms with Crippen molar-refractivity contribution in [3.8, 4) is 12.1 Å². The Balaban J connectivity index is 2.99. The maximum absolute atomic E-state index is 9.26. The molecule has 0 radical (unpaired) electrons. The van der Waals surface area contributed by atoms with Gasteiger partial charge in [0.15, 0.2) is 6.10 Å². The molecule has 1 unspecified atom stereocenters. The second-order valence-corrected chi connectivity index (χ2v) is 3.73. The molecule has 0 spiro atoms. The van der Waals surface area contributed by atoms with Gasteiger partial charge in [0.1, 0.15) is 0 Å². The highest BCUT2D eigenvalue weighted by molar-refractivity contribution is 5.61. The molecule has 0 aromatic heterocycles. The number of hydrogen-bond donors (Lipinski definition) is 1. The van der Waals surface area contributed by atoms with Crippen molar-refractivity contribution < 1.29 is 5.11 Å². The Morgan fingerprint density at radius 3 is 2.29 bits per heavy atom. The summed E-state index contributed by atoms with van der Waals surface area (Å²) in [4.78, 5) is 1.96. The van der Waals surface area contributed by atoms with E-state index in [1.165, 1.54) is 6.08 Å². The van der Waals surface area contributed by atoms with Crippen LogP contribution in [0.5, 0.6) is 0 Å². The molecule has 0 aliphatic rings. The quantitative estimate of drug-likeness (QED) is 0.628. The summed E-state index contributed by atoms with van der Waals surface area (Å²) in [5.74, 6) is 0. The SMILES string of the molecule is CN(C)c1ccc(/C=C(/C#N)C(O)C#N)cc1. The topological polar surface area (TPSA) is 71.1 Å². The van der Waals surface area contributed by atoms with Crippen molar-refractivity contribution in [3.05, 3.63) is 35.4 Å². The molecule has 1 atom stereocenters. The summed E-state index contributed by atoms with van der Waals surface area (Å²) < 4.78 is 0. The van der Waals surface area contributed by atoms with Crippen LogP contribution < -0.4 is 4.90 Å². The van der Waals surface area contributed by atoms with Crippen LogP contribution in [-0.2, 0) is 0 Å². The van der Waals surface area contributed by atoms with Gasteiger partial charge in [0.2, 0.25) is 0 Å². The Morgan fingerprint density at radius 2 is 1.88 bits per heavy atom. The highest BCUT2D eigenvalue weighted by Gasteiger charge is 2.08. The molecule has 0 heterocycles. The van der Waals surface area contributed by atoms with Gasteiger partial charge in [0.25, 0.3) is 0 Å². The minimum Gasteiger partial charge on any atom is -0.378 e. The second-order valence-electron chi connectivity index (χ2n) is 3.73. The summed E-state index contributed by atoms with van der Waals surface area (Å²) in [7, 11) is 3.87. The molecule has 86 valence electrons. The van der Waals surface area contributed by atoms with E-state index in [9.17, 15) is 5.11 Å². The predicted molar refractivity (Wildman–Crippen MR) is 66.0 cm³/mol. The van der Waals surface area contributed by atoms with Crippen LogP contribution in [0.1, 0.15) is 5.56 Å². The van der Waals surface area contributed by atoms with Gasteiger partial charge in [-0.15, -0.1) is 0 Å². The molecule has 0 aliphatic carbocycles. The zero-order chi connectivity index (χ0) is 12.8. The van der Waals surface area contributed by atoms with Gasteiger partial charge in [0, 0.05) is 19.8 Å². The van der Waals surface area contributed by atoms with Crippen LogP contribution in [-0.4, -0.2) is 25.3 Å². The lowest BCUT2D eigenvalue weighted by atomic mass is 10.1. The number of hydrogen-bond acceptors (Lipinski definition) is 4. The standard InChI is InChI=1S/C13H13N3O/c1-16(2)12-5-3-10(4-6-12)7-11(8-14)13(17)9-15/h3-7,13,17H,1-2H3/b11-7-. The molecule has 4 heteroatoms. The molecule has 0 saturated heterocycles. The molecule has 1 aromatic rings. The van der Waals surface area contributed by atoms with Gasteiger partial charge in [-0.2, -0.15) is 10.5 Å². The van der Waals surface area contributed by atoms with E-state index in [0.717, 1.165) is 11.3 Å². The van der Waals surface area contributed by atoms with Crippen molar-refractivity contribution in [1.29, 1.82) is 10.5 Å². The van der Waals surface area contributed by atoms with E-state index in [1.807, 2.05) is 49.3 Å². The van der Waals surface area contributed by atoms with E-state index >= 15 is 0 Å². The van der Waals surface area contributed by atoms with Gasteiger partial charge in [-0.3, -0.25) is 0 Å². The number of anilines is 1. The summed E-state index contributed by atoms with van der Waals surface area (Å²) in [6.45, 7) is 0. The fourth-order valence-electron chi connectivity index (χ4n) is 1.29. The third-order valence-corrected chi connectivity index (χ3v) is 2.28. The lowest BCUT2D eigenvalue weighted by molar-refractivity contribution is 0.271. The van der Waals surface area contributed by atoms with E-state index in [4.69, 9.17) is 10.5 Å². The molecule has 17 heavy (non-hydrogen) atoms. The van der Waals surface area contributed by atoms with Gasteiger partial charge in [-0.1, -0.05) is 12.1 Å². The first-order valence-electron chi connectivity index (χ1n) is 5.05. The van der Waals surface area contributed by atoms with Crippen LogP contribution >= 0.6 is 0 Å². The van der Waals surface area contributed by atoms with Crippen LogP contribution in [0.3, 0.4) is 0 Å². The molecule has 0 bridgehead atoms. The first kappa shape index (κ1) is 12.8. The van der Waals surface area contributed by atoms with Crippen molar-refractivity contribution in [2.45, 2.75) is 6.10 Å². The zero-order valence-electron chi connectivity index (χ0n) is 9.75. The maximum atomic E-state index is 9.26. The van der Waals surface area contributed by atoms with E-state index in [2.05, 4.69) is 0 Å². The number of nitrogens with zero attached hydrogens (tertiary/aromatic N) is 3. The Morgan fingerprint density at radius 1 is 1.29 bits per heavy atom. The first-order valence-corrected chi connectivity index (χ1v) is 5.05. The molecule has 1 N–H and O–H groups in total. The van der Waals surface area contributed by atoms with Crippen molar-refractivity contribution in [2.24, 2.45) is 0 Å². The van der Waals surface area contributed by atoms with Crippen molar-refractivity contribution in [2.75, 3.05) is 19.0 Å². The van der Waals surface area contributed by atoms with Crippen molar-refractivity contribution in [1.82, 2.24) is 0 Å². The van der Waals surface area contributed by atoms with Gasteiger partial charge < -0.3 is 10.0 Å². The van der Waals surface area contributed by atoms with Crippen LogP contribution in [0.25, 0.3) is 6.08 Å². The largest absolute Gasteiger partial charge is 0.378 e. The first-order chi connectivity index (χ1) is 8.08. The molecule has 4 nitrogen and oxygen atoms in total. The smallest absolute Gasteiger partial charge is 0.175 e. The summed E-state index contributed by atoms with van der Waals surface area (Å²) in [6, 6.07) is 10.9. The molecular formula is C13H13N3O. The van der Waals surface area contributed by atoms with Gasteiger partial charge in [0.05, 0.1) is 17.7 Å². The Bertz CT molecular complexity index is 489. The Hall–Kier alpha value is -2.30. The van der Waals surface area contributed by atoms with Gasteiger partial charge >= 0.3 is 0 Å². The lowest BCUT2D eigenvalue weighted by Gasteiger charge is -2.11. The summed E-state index contributed by atoms with van der Waals surface area (Å²) in [5.41, 5.74) is 1.87. The Kier molecular flexibility index (Phi) is 4.28. The monoisotopic (exact) mass is 227 g/mol. The second kappa shape index (κ2) is 5.69. The van der Waals surface area contributed by atoms with Crippen LogP contribution in [0.15, 0.2) is 29.8 Å². The molecule has 0 aliphatic heterocycles. The van der Waals surface area contributed by atoms with E-state index in [-0.39, 0.29) is 5.57 Å². The average molecular weight is 227 g/mol. The van der Waals surface area contributed by atoms with Crippen LogP contribution in [0, 0.1) is 22.7 Å². The fraction of sp³-hybridized carbons (Fsp3) is 0.231. The average Bonchev–Trinajstić information content (AvgIpc) is 2.35. The molecular weight excluding hydrogens is 214 g/mol. The van der Waals surface area contributed by atoms with Gasteiger partial charge in [-0.25, -0.2) is 0 Å². The summed E-state index contributed by atoms with van der Waals surface area (Å²) in [5, 5.41) is 26.6. The summed E-state index contributed by atoms with van der Waals surface area (Å²) >= 11 is 0. The highest BCUT2D eigenvalue weighted by Crippen LogP contribution is 2.15. The normalized spacial score (nSPS) is 12.4. The number of aliphatic hydroxyl groups is 1.